The van der Waals surface area contributed by atoms with Gasteiger partial charge in [0.1, 0.15) is 5.82 Å². The summed E-state index contributed by atoms with van der Waals surface area (Å²) in [7, 11) is 0. The van der Waals surface area contributed by atoms with Crippen LogP contribution < -0.4 is 5.43 Å². The van der Waals surface area contributed by atoms with Crippen LogP contribution in [-0.2, 0) is 0 Å². The summed E-state index contributed by atoms with van der Waals surface area (Å²) in [5.74, 6) is 1.37. The van der Waals surface area contributed by atoms with Crippen molar-refractivity contribution in [1.29, 1.82) is 0 Å². The third-order valence-electron chi connectivity index (χ3n) is 2.82. The van der Waals surface area contributed by atoms with Crippen LogP contribution in [0.25, 0.3) is 0 Å². The molecule has 0 amide bonds. The van der Waals surface area contributed by atoms with Crippen LogP contribution in [0.4, 0.5) is 11.6 Å². The molecule has 7 nitrogen and oxygen atoms in total. The van der Waals surface area contributed by atoms with Gasteiger partial charge in [-0.25, -0.2) is 9.97 Å². The zero-order chi connectivity index (χ0) is 16.6. The van der Waals surface area contributed by atoms with Crippen molar-refractivity contribution in [3.63, 3.8) is 0 Å². The number of aromatic nitrogens is 3. The molecule has 8 heteroatoms. The van der Waals surface area contributed by atoms with Gasteiger partial charge in [0, 0.05) is 30.4 Å². The van der Waals surface area contributed by atoms with Gasteiger partial charge < -0.3 is 0 Å². The fraction of sp³-hybridized carbons (Fsp3) is 0. The van der Waals surface area contributed by atoms with Crippen LogP contribution in [0.15, 0.2) is 82.6 Å². The summed E-state index contributed by atoms with van der Waals surface area (Å²) < 4.78 is 0. The Morgan fingerprint density at radius 1 is 0.958 bits per heavy atom. The molecule has 0 saturated carbocycles. The third-order valence-corrected chi connectivity index (χ3v) is 3.04. The highest BCUT2D eigenvalue weighted by Crippen LogP contribution is 2.13. The van der Waals surface area contributed by atoms with Gasteiger partial charge in [-0.3, -0.25) is 10.4 Å². The number of nitrogens with one attached hydrogen (secondary N) is 1. The minimum atomic E-state index is 0.352. The summed E-state index contributed by atoms with van der Waals surface area (Å²) >= 11 is 5.80. The number of halogens is 1. The van der Waals surface area contributed by atoms with Gasteiger partial charge in [-0.05, 0) is 36.4 Å². The quantitative estimate of drug-likeness (QED) is 0.336. The van der Waals surface area contributed by atoms with Gasteiger partial charge in [-0.2, -0.15) is 5.10 Å². The first kappa shape index (κ1) is 15.7. The Morgan fingerprint density at radius 2 is 1.92 bits per heavy atom. The third kappa shape index (κ3) is 4.40. The van der Waals surface area contributed by atoms with E-state index >= 15 is 0 Å². The van der Waals surface area contributed by atoms with Crippen molar-refractivity contribution in [1.82, 2.24) is 15.0 Å². The maximum Gasteiger partial charge on any atom is 0.202 e. The van der Waals surface area contributed by atoms with Crippen LogP contribution in [-0.4, -0.2) is 20.8 Å². The van der Waals surface area contributed by atoms with Gasteiger partial charge in [0.2, 0.25) is 5.84 Å². The highest BCUT2D eigenvalue weighted by atomic mass is 35.5. The highest BCUT2D eigenvalue weighted by Gasteiger charge is 2.03. The second-order valence-electron chi connectivity index (χ2n) is 4.54. The maximum absolute atomic E-state index is 5.80. The first-order valence-electron chi connectivity index (χ1n) is 7.00. The summed E-state index contributed by atoms with van der Waals surface area (Å²) in [4.78, 5) is 12.3. The summed E-state index contributed by atoms with van der Waals surface area (Å²) in [6, 6.07) is 12.5. The van der Waals surface area contributed by atoms with Crippen LogP contribution >= 0.6 is 11.6 Å². The SMILES string of the molecule is Clc1ccc(N=NC(=NNc2ccccn2)c2cccnc2)nc1. The van der Waals surface area contributed by atoms with Crippen molar-refractivity contribution in [2.24, 2.45) is 15.3 Å². The summed E-state index contributed by atoms with van der Waals surface area (Å²) in [5, 5.41) is 13.0. The number of azo groups is 1. The Kier molecular flexibility index (Phi) is 5.16. The molecular formula is C16H12ClN7. The standard InChI is InChI=1S/C16H12ClN7/c17-13-6-7-15(20-11-13)22-24-16(12-4-3-8-18-10-12)23-21-14-5-1-2-9-19-14/h1-11H,(H,19,21). The van der Waals surface area contributed by atoms with Gasteiger partial charge in [-0.15, -0.1) is 10.2 Å². The lowest BCUT2D eigenvalue weighted by Gasteiger charge is -2.02. The summed E-state index contributed by atoms with van der Waals surface area (Å²) in [6.07, 6.45) is 6.49. The summed E-state index contributed by atoms with van der Waals surface area (Å²) in [5.41, 5.74) is 3.55. The van der Waals surface area contributed by atoms with Crippen LogP contribution in [0.2, 0.25) is 5.02 Å². The Hall–Kier alpha value is -3.19. The fourth-order valence-electron chi connectivity index (χ4n) is 1.70. The van der Waals surface area contributed by atoms with Crippen molar-refractivity contribution < 1.29 is 0 Å². The van der Waals surface area contributed by atoms with E-state index in [2.05, 4.69) is 35.7 Å². The van der Waals surface area contributed by atoms with E-state index in [-0.39, 0.29) is 0 Å². The number of amidine groups is 1. The van der Waals surface area contributed by atoms with Crippen molar-refractivity contribution in [3.05, 3.63) is 77.8 Å². The molecule has 0 aliphatic carbocycles. The van der Waals surface area contributed by atoms with Crippen LogP contribution in [0, 0.1) is 0 Å². The minimum absolute atomic E-state index is 0.352. The number of hydrogen-bond acceptors (Lipinski definition) is 6. The van der Waals surface area contributed by atoms with Crippen molar-refractivity contribution >= 4 is 29.1 Å². The van der Waals surface area contributed by atoms with E-state index in [0.29, 0.717) is 28.1 Å². The van der Waals surface area contributed by atoms with Gasteiger partial charge in [0.25, 0.3) is 0 Å². The van der Waals surface area contributed by atoms with Gasteiger partial charge in [-0.1, -0.05) is 17.7 Å². The van der Waals surface area contributed by atoms with Gasteiger partial charge in [0.15, 0.2) is 5.82 Å². The zero-order valence-electron chi connectivity index (χ0n) is 12.4. The number of nitrogens with zero attached hydrogens (tertiary/aromatic N) is 6. The van der Waals surface area contributed by atoms with E-state index in [9.17, 15) is 0 Å². The van der Waals surface area contributed by atoms with E-state index in [4.69, 9.17) is 11.6 Å². The molecule has 0 atom stereocenters. The Balaban J connectivity index is 1.86. The molecule has 0 radical (unpaired) electrons. The molecule has 24 heavy (non-hydrogen) atoms. The largest absolute Gasteiger partial charge is 0.264 e. The molecule has 118 valence electrons. The van der Waals surface area contributed by atoms with Crippen LogP contribution in [0.1, 0.15) is 5.56 Å². The second kappa shape index (κ2) is 7.89. The molecular weight excluding hydrogens is 326 g/mol. The molecule has 0 aliphatic heterocycles. The Bertz CT molecular complexity index is 833. The van der Waals surface area contributed by atoms with Crippen molar-refractivity contribution in [2.45, 2.75) is 0 Å². The van der Waals surface area contributed by atoms with Crippen LogP contribution in [0.5, 0.6) is 0 Å². The lowest BCUT2D eigenvalue weighted by Crippen LogP contribution is -2.02. The molecule has 3 rings (SSSR count). The topological polar surface area (TPSA) is 87.8 Å². The second-order valence-corrected chi connectivity index (χ2v) is 4.97. The number of hydrazone groups is 1. The first-order chi connectivity index (χ1) is 11.8. The number of hydrogen-bond donors (Lipinski definition) is 1. The van der Waals surface area contributed by atoms with E-state index in [1.165, 1.54) is 6.20 Å². The molecule has 0 aliphatic rings. The zero-order valence-corrected chi connectivity index (χ0v) is 13.2. The molecule has 0 saturated heterocycles. The minimum Gasteiger partial charge on any atom is -0.264 e. The molecule has 0 aromatic carbocycles. The average Bonchev–Trinajstić information content (AvgIpc) is 2.65. The van der Waals surface area contributed by atoms with Gasteiger partial charge >= 0.3 is 0 Å². The lowest BCUT2D eigenvalue weighted by molar-refractivity contribution is 1.15. The molecule has 1 N–H and O–H groups in total. The number of anilines is 1. The lowest BCUT2D eigenvalue weighted by atomic mass is 10.3. The predicted molar refractivity (Wildman–Crippen MR) is 92.4 cm³/mol. The van der Waals surface area contributed by atoms with Crippen molar-refractivity contribution in [3.8, 4) is 0 Å². The monoisotopic (exact) mass is 337 g/mol. The fourth-order valence-corrected chi connectivity index (χ4v) is 1.82. The first-order valence-corrected chi connectivity index (χ1v) is 7.37. The van der Waals surface area contributed by atoms with Crippen LogP contribution in [0.3, 0.4) is 0 Å². The molecule has 0 spiro atoms. The molecule has 3 aromatic heterocycles. The van der Waals surface area contributed by atoms with E-state index < -0.39 is 0 Å². The molecule has 3 aromatic rings. The normalized spacial score (nSPS) is 11.6. The van der Waals surface area contributed by atoms with E-state index in [1.807, 2.05) is 18.2 Å². The Labute approximate surface area is 143 Å². The molecule has 0 bridgehead atoms. The summed E-state index contributed by atoms with van der Waals surface area (Å²) in [6.45, 7) is 0. The van der Waals surface area contributed by atoms with Crippen molar-refractivity contribution in [2.75, 3.05) is 5.43 Å². The predicted octanol–water partition coefficient (Wildman–Crippen LogP) is 4.08. The van der Waals surface area contributed by atoms with E-state index in [0.717, 1.165) is 0 Å². The molecule has 0 fully saturated rings. The number of rotatable bonds is 4. The van der Waals surface area contributed by atoms with E-state index in [1.54, 1.807) is 42.9 Å². The smallest absolute Gasteiger partial charge is 0.202 e. The highest BCUT2D eigenvalue weighted by molar-refractivity contribution is 6.30. The molecule has 3 heterocycles. The Morgan fingerprint density at radius 3 is 2.62 bits per heavy atom. The average molecular weight is 338 g/mol. The molecule has 0 unspecified atom stereocenters. The van der Waals surface area contributed by atoms with Gasteiger partial charge in [0.05, 0.1) is 5.02 Å². The number of pyridine rings is 3. The maximum atomic E-state index is 5.80.